The van der Waals surface area contributed by atoms with E-state index in [0.29, 0.717) is 12.0 Å². The predicted octanol–water partition coefficient (Wildman–Crippen LogP) is 2.68. The molecule has 0 radical (unpaired) electrons. The first-order valence-corrected chi connectivity index (χ1v) is 9.02. The van der Waals surface area contributed by atoms with Crippen LogP contribution in [0.1, 0.15) is 41.6 Å². The maximum atomic E-state index is 12.1. The van der Waals surface area contributed by atoms with Crippen molar-refractivity contribution in [2.24, 2.45) is 0 Å². The van der Waals surface area contributed by atoms with Crippen LogP contribution in [0.15, 0.2) is 24.3 Å². The average Bonchev–Trinajstić information content (AvgIpc) is 2.59. The highest BCUT2D eigenvalue weighted by atomic mass is 32.2. The molecule has 1 aliphatic heterocycles. The van der Waals surface area contributed by atoms with Crippen molar-refractivity contribution in [1.29, 1.82) is 0 Å². The third-order valence-corrected chi connectivity index (χ3v) is 4.88. The van der Waals surface area contributed by atoms with Crippen molar-refractivity contribution in [3.8, 4) is 0 Å². The standard InChI is InChI=1S/C17H24N2O2S/c1-18-17(21)15-7-5-6-14(12-15)13-22-11-8-16(20)19-9-3-2-4-10-19/h5-7,12H,2-4,8-11,13H2,1H3,(H,18,21). The SMILES string of the molecule is CNC(=O)c1cccc(CSCCC(=O)N2CCCCC2)c1. The Labute approximate surface area is 136 Å². The summed E-state index contributed by atoms with van der Waals surface area (Å²) >= 11 is 1.75. The van der Waals surface area contributed by atoms with Crippen LogP contribution < -0.4 is 5.32 Å². The van der Waals surface area contributed by atoms with Crippen molar-refractivity contribution in [2.75, 3.05) is 25.9 Å². The summed E-state index contributed by atoms with van der Waals surface area (Å²) in [6.45, 7) is 1.86. The summed E-state index contributed by atoms with van der Waals surface area (Å²) in [6.07, 6.45) is 4.15. The van der Waals surface area contributed by atoms with Gasteiger partial charge in [0, 0.05) is 43.6 Å². The highest BCUT2D eigenvalue weighted by Crippen LogP contribution is 2.16. The second kappa shape index (κ2) is 8.83. The summed E-state index contributed by atoms with van der Waals surface area (Å²) in [4.78, 5) is 25.6. The molecule has 1 aromatic carbocycles. The lowest BCUT2D eigenvalue weighted by molar-refractivity contribution is -0.131. The zero-order valence-corrected chi connectivity index (χ0v) is 14.0. The van der Waals surface area contributed by atoms with Crippen LogP contribution in [0, 0.1) is 0 Å². The topological polar surface area (TPSA) is 49.4 Å². The predicted molar refractivity (Wildman–Crippen MR) is 91.0 cm³/mol. The van der Waals surface area contributed by atoms with Crippen molar-refractivity contribution in [3.05, 3.63) is 35.4 Å². The van der Waals surface area contributed by atoms with E-state index in [1.807, 2.05) is 29.2 Å². The number of hydrogen-bond donors (Lipinski definition) is 1. The molecule has 0 aromatic heterocycles. The Morgan fingerprint density at radius 1 is 1.23 bits per heavy atom. The Morgan fingerprint density at radius 2 is 2.00 bits per heavy atom. The Bertz CT molecular complexity index is 513. The molecular formula is C17H24N2O2S. The Balaban J connectivity index is 1.72. The summed E-state index contributed by atoms with van der Waals surface area (Å²) in [5.74, 6) is 1.89. The molecule has 1 aliphatic rings. The van der Waals surface area contributed by atoms with Crippen LogP contribution in [-0.4, -0.2) is 42.6 Å². The number of carbonyl (C=O) groups is 2. The minimum absolute atomic E-state index is 0.0628. The number of carbonyl (C=O) groups excluding carboxylic acids is 2. The number of benzene rings is 1. The number of amides is 2. The zero-order chi connectivity index (χ0) is 15.8. The summed E-state index contributed by atoms with van der Waals surface area (Å²) < 4.78 is 0. The number of piperidine rings is 1. The van der Waals surface area contributed by atoms with Crippen LogP contribution >= 0.6 is 11.8 Å². The molecule has 0 unspecified atom stereocenters. The smallest absolute Gasteiger partial charge is 0.251 e. The van der Waals surface area contributed by atoms with Crippen LogP contribution in [0.25, 0.3) is 0 Å². The molecule has 0 saturated carbocycles. The number of likely N-dealkylation sites (tertiary alicyclic amines) is 1. The van der Waals surface area contributed by atoms with Crippen LogP contribution in [0.5, 0.6) is 0 Å². The maximum absolute atomic E-state index is 12.1. The van der Waals surface area contributed by atoms with Gasteiger partial charge in [0.1, 0.15) is 0 Å². The molecule has 0 bridgehead atoms. The largest absolute Gasteiger partial charge is 0.355 e. The van der Waals surface area contributed by atoms with Gasteiger partial charge < -0.3 is 10.2 Å². The molecule has 1 saturated heterocycles. The molecule has 4 nitrogen and oxygen atoms in total. The fourth-order valence-electron chi connectivity index (χ4n) is 2.60. The van der Waals surface area contributed by atoms with Crippen LogP contribution in [-0.2, 0) is 10.5 Å². The molecular weight excluding hydrogens is 296 g/mol. The van der Waals surface area contributed by atoms with E-state index in [1.165, 1.54) is 6.42 Å². The van der Waals surface area contributed by atoms with Gasteiger partial charge in [-0.25, -0.2) is 0 Å². The Morgan fingerprint density at radius 3 is 2.73 bits per heavy atom. The second-order valence-electron chi connectivity index (χ2n) is 5.52. The second-order valence-corrected chi connectivity index (χ2v) is 6.63. The highest BCUT2D eigenvalue weighted by Gasteiger charge is 2.15. The van der Waals surface area contributed by atoms with Gasteiger partial charge in [-0.2, -0.15) is 11.8 Å². The van der Waals surface area contributed by atoms with Crippen LogP contribution in [0.4, 0.5) is 0 Å². The number of nitrogens with one attached hydrogen (secondary N) is 1. The molecule has 1 heterocycles. The molecule has 0 spiro atoms. The van der Waals surface area contributed by atoms with E-state index in [9.17, 15) is 9.59 Å². The molecule has 5 heteroatoms. The quantitative estimate of drug-likeness (QED) is 0.820. The van der Waals surface area contributed by atoms with Gasteiger partial charge >= 0.3 is 0 Å². The van der Waals surface area contributed by atoms with Gasteiger partial charge in [-0.05, 0) is 37.0 Å². The van der Waals surface area contributed by atoms with Crippen molar-refractivity contribution in [1.82, 2.24) is 10.2 Å². The third kappa shape index (κ3) is 5.05. The highest BCUT2D eigenvalue weighted by molar-refractivity contribution is 7.98. The Hall–Kier alpha value is -1.49. The number of rotatable bonds is 6. The van der Waals surface area contributed by atoms with Crippen molar-refractivity contribution in [2.45, 2.75) is 31.4 Å². The molecule has 120 valence electrons. The van der Waals surface area contributed by atoms with E-state index in [1.54, 1.807) is 18.8 Å². The Kier molecular flexibility index (Phi) is 6.77. The normalized spacial score (nSPS) is 14.7. The van der Waals surface area contributed by atoms with E-state index >= 15 is 0 Å². The van der Waals surface area contributed by atoms with E-state index in [4.69, 9.17) is 0 Å². The fourth-order valence-corrected chi connectivity index (χ4v) is 3.48. The molecule has 1 N–H and O–H groups in total. The molecule has 1 aromatic rings. The molecule has 2 amide bonds. The first-order valence-electron chi connectivity index (χ1n) is 7.87. The van der Waals surface area contributed by atoms with Crippen molar-refractivity contribution >= 4 is 23.6 Å². The van der Waals surface area contributed by atoms with E-state index in [0.717, 1.165) is 43.0 Å². The number of hydrogen-bond acceptors (Lipinski definition) is 3. The molecule has 22 heavy (non-hydrogen) atoms. The van der Waals surface area contributed by atoms with Crippen molar-refractivity contribution in [3.63, 3.8) is 0 Å². The van der Waals surface area contributed by atoms with E-state index in [-0.39, 0.29) is 11.8 Å². The average molecular weight is 320 g/mol. The van der Waals surface area contributed by atoms with E-state index < -0.39 is 0 Å². The lowest BCUT2D eigenvalue weighted by Gasteiger charge is -2.26. The van der Waals surface area contributed by atoms with Gasteiger partial charge in [-0.1, -0.05) is 12.1 Å². The van der Waals surface area contributed by atoms with Crippen LogP contribution in [0.3, 0.4) is 0 Å². The first kappa shape index (κ1) is 16.9. The first-order chi connectivity index (χ1) is 10.7. The molecule has 2 rings (SSSR count). The summed E-state index contributed by atoms with van der Waals surface area (Å²) in [5.41, 5.74) is 1.81. The minimum atomic E-state index is -0.0628. The van der Waals surface area contributed by atoms with Gasteiger partial charge in [0.15, 0.2) is 0 Å². The molecule has 0 aliphatic carbocycles. The molecule has 0 atom stereocenters. The van der Waals surface area contributed by atoms with Gasteiger partial charge in [0.2, 0.25) is 5.91 Å². The molecule has 1 fully saturated rings. The maximum Gasteiger partial charge on any atom is 0.251 e. The van der Waals surface area contributed by atoms with Gasteiger partial charge in [-0.3, -0.25) is 9.59 Å². The minimum Gasteiger partial charge on any atom is -0.355 e. The number of thioether (sulfide) groups is 1. The van der Waals surface area contributed by atoms with Gasteiger partial charge in [0.05, 0.1) is 0 Å². The number of nitrogens with zero attached hydrogens (tertiary/aromatic N) is 1. The zero-order valence-electron chi connectivity index (χ0n) is 13.1. The lowest BCUT2D eigenvalue weighted by Crippen LogP contribution is -2.35. The monoisotopic (exact) mass is 320 g/mol. The van der Waals surface area contributed by atoms with Crippen molar-refractivity contribution < 1.29 is 9.59 Å². The van der Waals surface area contributed by atoms with Gasteiger partial charge in [0.25, 0.3) is 5.91 Å². The summed E-state index contributed by atoms with van der Waals surface area (Å²) in [5, 5.41) is 2.63. The summed E-state index contributed by atoms with van der Waals surface area (Å²) in [7, 11) is 1.63. The lowest BCUT2D eigenvalue weighted by atomic mass is 10.1. The third-order valence-electron chi connectivity index (χ3n) is 3.85. The van der Waals surface area contributed by atoms with Crippen LogP contribution in [0.2, 0.25) is 0 Å². The van der Waals surface area contributed by atoms with Gasteiger partial charge in [-0.15, -0.1) is 0 Å². The fraction of sp³-hybridized carbons (Fsp3) is 0.529. The van der Waals surface area contributed by atoms with E-state index in [2.05, 4.69) is 5.32 Å². The summed E-state index contributed by atoms with van der Waals surface area (Å²) in [6, 6.07) is 7.65.